The van der Waals surface area contributed by atoms with Gasteiger partial charge in [-0.25, -0.2) is 8.78 Å². The second-order valence-electron chi connectivity index (χ2n) is 8.39. The summed E-state index contributed by atoms with van der Waals surface area (Å²) in [4.78, 5) is 10.8. The highest BCUT2D eigenvalue weighted by molar-refractivity contribution is 6.30. The highest BCUT2D eigenvalue weighted by Gasteiger charge is 2.40. The van der Waals surface area contributed by atoms with Gasteiger partial charge >= 0.3 is 5.97 Å². The van der Waals surface area contributed by atoms with Crippen LogP contribution in [0.15, 0.2) is 24.3 Å². The van der Waals surface area contributed by atoms with Crippen molar-refractivity contribution in [1.29, 1.82) is 0 Å². The molecule has 4 nitrogen and oxygen atoms in total. The summed E-state index contributed by atoms with van der Waals surface area (Å²) in [5, 5.41) is 9.36. The van der Waals surface area contributed by atoms with Crippen molar-refractivity contribution in [2.24, 2.45) is 5.92 Å². The van der Waals surface area contributed by atoms with Crippen LogP contribution in [0.5, 0.6) is 11.5 Å². The van der Waals surface area contributed by atoms with E-state index in [2.05, 4.69) is 0 Å². The maximum atomic E-state index is 14.5. The second kappa shape index (κ2) is 7.17. The number of carbonyl (C=O) groups is 1. The Balaban J connectivity index is 1.51. The molecule has 1 heterocycles. The lowest BCUT2D eigenvalue weighted by Gasteiger charge is -2.18. The monoisotopic (exact) mass is 422 g/mol. The normalized spacial score (nSPS) is 21.4. The Bertz CT molecular complexity index is 966. The van der Waals surface area contributed by atoms with E-state index < -0.39 is 23.4 Å². The van der Waals surface area contributed by atoms with Crippen LogP contribution in [0, 0.1) is 17.6 Å². The van der Waals surface area contributed by atoms with Crippen molar-refractivity contribution in [3.05, 3.63) is 57.6 Å². The molecule has 29 heavy (non-hydrogen) atoms. The Labute approximate surface area is 172 Å². The number of aliphatic carboxylic acids is 1. The van der Waals surface area contributed by atoms with E-state index in [0.717, 1.165) is 5.56 Å². The molecule has 0 amide bonds. The molecule has 7 heteroatoms. The lowest BCUT2D eigenvalue weighted by molar-refractivity contribution is -0.137. The van der Waals surface area contributed by atoms with Crippen LogP contribution in [-0.4, -0.2) is 16.7 Å². The van der Waals surface area contributed by atoms with Crippen molar-refractivity contribution in [3.8, 4) is 11.5 Å². The molecule has 1 N–H and O–H groups in total. The van der Waals surface area contributed by atoms with Crippen molar-refractivity contribution in [3.63, 3.8) is 0 Å². The Morgan fingerprint density at radius 2 is 1.97 bits per heavy atom. The minimum absolute atomic E-state index is 0.00236. The lowest BCUT2D eigenvalue weighted by atomic mass is 10.0. The summed E-state index contributed by atoms with van der Waals surface area (Å²) < 4.78 is 40.5. The van der Waals surface area contributed by atoms with Crippen LogP contribution in [0.1, 0.15) is 49.3 Å². The van der Waals surface area contributed by atoms with Crippen LogP contribution in [0.3, 0.4) is 0 Å². The first-order valence-electron chi connectivity index (χ1n) is 9.47. The maximum Gasteiger partial charge on any atom is 0.303 e. The van der Waals surface area contributed by atoms with Crippen LogP contribution in [0.4, 0.5) is 8.78 Å². The van der Waals surface area contributed by atoms with E-state index in [1.54, 1.807) is 6.07 Å². The number of hydrogen-bond donors (Lipinski definition) is 1. The van der Waals surface area contributed by atoms with Crippen LogP contribution in [0.25, 0.3) is 0 Å². The van der Waals surface area contributed by atoms with Crippen molar-refractivity contribution >= 4 is 17.6 Å². The molecule has 0 radical (unpaired) electrons. The van der Waals surface area contributed by atoms with Gasteiger partial charge in [0.05, 0.1) is 0 Å². The number of carboxylic acids is 1. The topological polar surface area (TPSA) is 55.8 Å². The smallest absolute Gasteiger partial charge is 0.303 e. The summed E-state index contributed by atoms with van der Waals surface area (Å²) in [6, 6.07) is 5.96. The molecule has 2 aromatic carbocycles. The molecule has 154 valence electrons. The number of rotatable bonds is 6. The summed E-state index contributed by atoms with van der Waals surface area (Å²) in [6.45, 7) is 3.83. The minimum Gasteiger partial charge on any atom is -0.487 e. The van der Waals surface area contributed by atoms with Crippen molar-refractivity contribution in [1.82, 2.24) is 0 Å². The predicted molar refractivity (Wildman–Crippen MR) is 104 cm³/mol. The van der Waals surface area contributed by atoms with Gasteiger partial charge in [-0.2, -0.15) is 0 Å². The number of ether oxygens (including phenoxy) is 2. The Morgan fingerprint density at radius 3 is 2.62 bits per heavy atom. The zero-order valence-electron chi connectivity index (χ0n) is 16.1. The van der Waals surface area contributed by atoms with Crippen LogP contribution >= 0.6 is 11.6 Å². The Morgan fingerprint density at radius 1 is 1.28 bits per heavy atom. The largest absolute Gasteiger partial charge is 0.487 e. The molecule has 0 aromatic heterocycles. The second-order valence-corrected chi connectivity index (χ2v) is 8.83. The van der Waals surface area contributed by atoms with Gasteiger partial charge in [0.1, 0.15) is 18.0 Å². The summed E-state index contributed by atoms with van der Waals surface area (Å²) in [5.74, 6) is -2.54. The SMILES string of the molecule is CC1(C)Cc2cc(Cl)cc(COc3c(F)cc(C4CC4CC(=O)O)cc3F)c2O1. The van der Waals surface area contributed by atoms with Gasteiger partial charge < -0.3 is 14.6 Å². The average molecular weight is 423 g/mol. The van der Waals surface area contributed by atoms with Gasteiger partial charge in [-0.1, -0.05) is 11.6 Å². The van der Waals surface area contributed by atoms with Gasteiger partial charge in [0.15, 0.2) is 17.4 Å². The molecule has 4 rings (SSSR count). The molecule has 2 aliphatic rings. The zero-order valence-corrected chi connectivity index (χ0v) is 16.9. The van der Waals surface area contributed by atoms with E-state index in [4.69, 9.17) is 26.2 Å². The lowest BCUT2D eigenvalue weighted by Crippen LogP contribution is -2.25. The van der Waals surface area contributed by atoms with E-state index in [-0.39, 0.29) is 30.5 Å². The molecule has 1 aliphatic heterocycles. The first kappa shape index (κ1) is 20.0. The van der Waals surface area contributed by atoms with Gasteiger partial charge in [-0.05, 0) is 67.5 Å². The fraction of sp³-hybridized carbons (Fsp3) is 0.409. The predicted octanol–water partition coefficient (Wildman–Crippen LogP) is 5.49. The first-order chi connectivity index (χ1) is 13.6. The molecule has 0 saturated heterocycles. The summed E-state index contributed by atoms with van der Waals surface area (Å²) in [7, 11) is 0. The van der Waals surface area contributed by atoms with Crippen molar-refractivity contribution < 1.29 is 28.2 Å². The van der Waals surface area contributed by atoms with E-state index in [0.29, 0.717) is 34.7 Å². The van der Waals surface area contributed by atoms with E-state index in [1.165, 1.54) is 12.1 Å². The molecule has 1 saturated carbocycles. The van der Waals surface area contributed by atoms with Crippen molar-refractivity contribution in [2.75, 3.05) is 0 Å². The van der Waals surface area contributed by atoms with E-state index in [9.17, 15) is 13.6 Å². The molecule has 1 aliphatic carbocycles. The summed E-state index contributed by atoms with van der Waals surface area (Å²) in [6.07, 6.45) is 1.31. The average Bonchev–Trinajstić information content (AvgIpc) is 3.26. The van der Waals surface area contributed by atoms with Crippen LogP contribution in [-0.2, 0) is 17.8 Å². The molecule has 1 fully saturated rings. The third-order valence-corrected chi connectivity index (χ3v) is 5.60. The molecule has 0 bridgehead atoms. The molecular weight excluding hydrogens is 402 g/mol. The highest BCUT2D eigenvalue weighted by Crippen LogP contribution is 2.50. The maximum absolute atomic E-state index is 14.5. The zero-order chi connectivity index (χ0) is 20.9. The van der Waals surface area contributed by atoms with Crippen LogP contribution in [0.2, 0.25) is 5.02 Å². The van der Waals surface area contributed by atoms with Gasteiger partial charge in [0, 0.05) is 23.4 Å². The number of hydrogen-bond acceptors (Lipinski definition) is 3. The quantitative estimate of drug-likeness (QED) is 0.668. The van der Waals surface area contributed by atoms with Gasteiger partial charge in [0.2, 0.25) is 0 Å². The fourth-order valence-electron chi connectivity index (χ4n) is 4.04. The van der Waals surface area contributed by atoms with Gasteiger partial charge in [-0.15, -0.1) is 0 Å². The van der Waals surface area contributed by atoms with E-state index >= 15 is 0 Å². The number of benzene rings is 2. The number of carboxylic acid groups (broad SMARTS) is 1. The summed E-state index contributed by atoms with van der Waals surface area (Å²) >= 11 is 6.18. The fourth-order valence-corrected chi connectivity index (χ4v) is 4.30. The third kappa shape index (κ3) is 4.17. The number of fused-ring (bicyclic) bond motifs is 1. The standard InChI is InChI=1S/C22H21ClF2O4/c1-22(2)9-13-3-15(23)4-14(20(13)29-22)10-28-21-17(24)6-12(7-18(21)25)16-5-11(16)8-19(26)27/h3-4,6-7,11,16H,5,8-10H2,1-2H3,(H,26,27). The van der Waals surface area contributed by atoms with Gasteiger partial charge in [0.25, 0.3) is 0 Å². The molecular formula is C22H21ClF2O4. The van der Waals surface area contributed by atoms with Gasteiger partial charge in [-0.3, -0.25) is 4.79 Å². The molecule has 2 aromatic rings. The number of halogens is 3. The third-order valence-electron chi connectivity index (χ3n) is 5.38. The molecule has 2 unspecified atom stereocenters. The summed E-state index contributed by atoms with van der Waals surface area (Å²) in [5.41, 5.74) is 1.66. The van der Waals surface area contributed by atoms with E-state index in [1.807, 2.05) is 19.9 Å². The van der Waals surface area contributed by atoms with Crippen LogP contribution < -0.4 is 9.47 Å². The molecule has 0 spiro atoms. The minimum atomic E-state index is -0.905. The molecule has 2 atom stereocenters. The highest BCUT2D eigenvalue weighted by atomic mass is 35.5. The Kier molecular flexibility index (Phi) is 4.93. The first-order valence-corrected chi connectivity index (χ1v) is 9.84. The Hall–Kier alpha value is -2.34. The van der Waals surface area contributed by atoms with Crippen molar-refractivity contribution in [2.45, 2.75) is 51.2 Å².